The molecule has 1 atom stereocenters. The highest BCUT2D eigenvalue weighted by Crippen LogP contribution is 2.28. The Morgan fingerprint density at radius 3 is 2.56 bits per heavy atom. The Labute approximate surface area is 203 Å². The summed E-state index contributed by atoms with van der Waals surface area (Å²) in [6.07, 6.45) is 2.29. The highest BCUT2D eigenvalue weighted by Gasteiger charge is 2.29. The van der Waals surface area contributed by atoms with E-state index < -0.39 is 27.8 Å². The Kier molecular flexibility index (Phi) is 7.08. The zero-order valence-electron chi connectivity index (χ0n) is 18.9. The molecule has 1 aliphatic rings. The van der Waals surface area contributed by atoms with Gasteiger partial charge < -0.3 is 5.32 Å². The predicted molar refractivity (Wildman–Crippen MR) is 133 cm³/mol. The van der Waals surface area contributed by atoms with Crippen molar-refractivity contribution in [3.05, 3.63) is 65.9 Å². The number of carbonyl (C=O) groups is 2. The lowest BCUT2D eigenvalue weighted by Crippen LogP contribution is -2.45. The van der Waals surface area contributed by atoms with Gasteiger partial charge in [-0.3, -0.25) is 14.7 Å². The number of carbonyl (C=O) groups excluding carboxylic acids is 2. The molecule has 2 heterocycles. The fourth-order valence-electron chi connectivity index (χ4n) is 3.70. The molecule has 1 aliphatic heterocycles. The van der Waals surface area contributed by atoms with Gasteiger partial charge in [-0.05, 0) is 49.6 Å². The van der Waals surface area contributed by atoms with Gasteiger partial charge in [-0.25, -0.2) is 18.2 Å². The lowest BCUT2D eigenvalue weighted by molar-refractivity contribution is -0.117. The number of aromatic nitrogens is 2. The lowest BCUT2D eigenvalue weighted by atomic mass is 10.0. The van der Waals surface area contributed by atoms with Gasteiger partial charge in [0.1, 0.15) is 0 Å². The summed E-state index contributed by atoms with van der Waals surface area (Å²) in [6.45, 7) is 4.11. The maximum Gasteiger partial charge on any atom is 0.321 e. The topological polar surface area (TPSA) is 110 Å². The minimum atomic E-state index is -3.12. The van der Waals surface area contributed by atoms with Crippen LogP contribution in [-0.2, 0) is 14.6 Å². The van der Waals surface area contributed by atoms with Crippen LogP contribution in [0.1, 0.15) is 17.5 Å². The van der Waals surface area contributed by atoms with Crippen molar-refractivity contribution in [1.82, 2.24) is 20.2 Å². The average molecular weight is 499 g/mol. The third-order valence-corrected chi connectivity index (χ3v) is 8.38. The summed E-state index contributed by atoms with van der Waals surface area (Å²) in [5, 5.41) is 5.45. The van der Waals surface area contributed by atoms with Crippen molar-refractivity contribution in [2.75, 3.05) is 17.3 Å². The molecule has 0 aliphatic carbocycles. The molecule has 4 rings (SSSR count). The fourth-order valence-corrected chi connectivity index (χ4v) is 6.17. The minimum absolute atomic E-state index is 0.0212. The zero-order valence-corrected chi connectivity index (χ0v) is 20.6. The lowest BCUT2D eigenvalue weighted by Gasteiger charge is -2.11. The third kappa shape index (κ3) is 5.87. The Bertz CT molecular complexity index is 1320. The van der Waals surface area contributed by atoms with Crippen LogP contribution in [0.2, 0.25) is 0 Å². The molecule has 0 bridgehead atoms. The molecule has 3 amide bonds. The monoisotopic (exact) mass is 498 g/mol. The van der Waals surface area contributed by atoms with Crippen molar-refractivity contribution in [3.63, 3.8) is 0 Å². The number of aryl methyl sites for hydroxylation is 2. The molecule has 1 aromatic heterocycles. The van der Waals surface area contributed by atoms with Gasteiger partial charge in [0.2, 0.25) is 5.91 Å². The number of nitrogens with one attached hydrogen (secondary N) is 2. The maximum absolute atomic E-state index is 12.4. The number of hydrogen-bond donors (Lipinski definition) is 2. The molecule has 8 nitrogen and oxygen atoms in total. The van der Waals surface area contributed by atoms with Crippen molar-refractivity contribution in [1.29, 1.82) is 0 Å². The molecule has 10 heteroatoms. The number of imide groups is 1. The summed E-state index contributed by atoms with van der Waals surface area (Å²) in [4.78, 5) is 29.2. The van der Waals surface area contributed by atoms with Gasteiger partial charge in [-0.15, -0.1) is 0 Å². The second-order valence-electron chi connectivity index (χ2n) is 8.32. The van der Waals surface area contributed by atoms with Gasteiger partial charge in [0.25, 0.3) is 0 Å². The van der Waals surface area contributed by atoms with Gasteiger partial charge in [0, 0.05) is 23.5 Å². The van der Waals surface area contributed by atoms with Crippen LogP contribution in [0.4, 0.5) is 4.79 Å². The van der Waals surface area contributed by atoms with E-state index in [0.29, 0.717) is 11.6 Å². The highest BCUT2D eigenvalue weighted by atomic mass is 32.2. The van der Waals surface area contributed by atoms with Crippen LogP contribution in [-0.4, -0.2) is 53.2 Å². The van der Waals surface area contributed by atoms with Gasteiger partial charge >= 0.3 is 6.03 Å². The SMILES string of the molecule is Cc1ccc(-c2cn(-c3ccccc3)c(SCC(=O)NC(=O)NC3CCS(=O)(=O)C3)n2)cc1C. The first-order valence-electron chi connectivity index (χ1n) is 10.9. The summed E-state index contributed by atoms with van der Waals surface area (Å²) in [5.41, 5.74) is 5.05. The van der Waals surface area contributed by atoms with E-state index in [1.165, 1.54) is 22.9 Å². The van der Waals surface area contributed by atoms with E-state index in [-0.39, 0.29) is 17.3 Å². The van der Waals surface area contributed by atoms with E-state index in [4.69, 9.17) is 4.98 Å². The van der Waals surface area contributed by atoms with Crippen LogP contribution >= 0.6 is 11.8 Å². The Morgan fingerprint density at radius 1 is 1.12 bits per heavy atom. The number of urea groups is 1. The normalized spacial score (nSPS) is 16.8. The van der Waals surface area contributed by atoms with Crippen LogP contribution in [0, 0.1) is 13.8 Å². The number of benzene rings is 2. The smallest absolute Gasteiger partial charge is 0.321 e. The van der Waals surface area contributed by atoms with Gasteiger partial charge in [0.05, 0.1) is 23.0 Å². The standard InChI is InChI=1S/C24H26N4O4S2/c1-16-8-9-18(12-17(16)2)21-13-28(20-6-4-3-5-7-20)24(26-21)33-14-22(29)27-23(30)25-19-10-11-34(31,32)15-19/h3-9,12-13,19H,10-11,14-15H2,1-2H3,(H2,25,27,29,30). The van der Waals surface area contributed by atoms with Crippen LogP contribution in [0.25, 0.3) is 16.9 Å². The Hall–Kier alpha value is -3.11. The molecule has 1 unspecified atom stereocenters. The van der Waals surface area contributed by atoms with Crippen molar-refractivity contribution >= 4 is 33.5 Å². The van der Waals surface area contributed by atoms with Crippen molar-refractivity contribution in [2.45, 2.75) is 31.5 Å². The number of imidazole rings is 1. The predicted octanol–water partition coefficient (Wildman–Crippen LogP) is 3.26. The van der Waals surface area contributed by atoms with E-state index in [1.54, 1.807) is 0 Å². The second kappa shape index (κ2) is 10.0. The molecule has 178 valence electrons. The van der Waals surface area contributed by atoms with Gasteiger partial charge in [-0.1, -0.05) is 42.1 Å². The number of hydrogen-bond acceptors (Lipinski definition) is 6. The summed E-state index contributed by atoms with van der Waals surface area (Å²) in [6, 6.07) is 14.7. The molecule has 2 aromatic carbocycles. The number of amides is 3. The van der Waals surface area contributed by atoms with Crippen LogP contribution in [0.15, 0.2) is 59.9 Å². The van der Waals surface area contributed by atoms with Crippen LogP contribution < -0.4 is 10.6 Å². The summed E-state index contributed by atoms with van der Waals surface area (Å²) in [7, 11) is -3.12. The number of para-hydroxylation sites is 1. The number of rotatable bonds is 6. The molecule has 1 saturated heterocycles. The zero-order chi connectivity index (χ0) is 24.3. The molecule has 1 fully saturated rings. The molecule has 2 N–H and O–H groups in total. The van der Waals surface area contributed by atoms with Gasteiger partial charge in [-0.2, -0.15) is 0 Å². The van der Waals surface area contributed by atoms with E-state index in [0.717, 1.165) is 16.9 Å². The van der Waals surface area contributed by atoms with E-state index >= 15 is 0 Å². The first-order chi connectivity index (χ1) is 16.2. The van der Waals surface area contributed by atoms with E-state index in [2.05, 4.69) is 36.6 Å². The maximum atomic E-state index is 12.4. The Balaban J connectivity index is 1.46. The van der Waals surface area contributed by atoms with E-state index in [1.807, 2.05) is 47.2 Å². The average Bonchev–Trinajstić information content (AvgIpc) is 3.37. The molecular formula is C24H26N4O4S2. The number of nitrogens with zero attached hydrogens (tertiary/aromatic N) is 2. The second-order valence-corrected chi connectivity index (χ2v) is 11.5. The quantitative estimate of drug-likeness (QED) is 0.505. The highest BCUT2D eigenvalue weighted by molar-refractivity contribution is 7.99. The minimum Gasteiger partial charge on any atom is -0.334 e. The first kappa shape index (κ1) is 24.0. The van der Waals surface area contributed by atoms with E-state index in [9.17, 15) is 18.0 Å². The summed E-state index contributed by atoms with van der Waals surface area (Å²) in [5.74, 6) is -0.558. The van der Waals surface area contributed by atoms with Gasteiger partial charge in [0.15, 0.2) is 15.0 Å². The molecule has 0 spiro atoms. The number of thioether (sulfide) groups is 1. The largest absolute Gasteiger partial charge is 0.334 e. The molecule has 3 aromatic rings. The first-order valence-corrected chi connectivity index (χ1v) is 13.7. The number of sulfone groups is 1. The van der Waals surface area contributed by atoms with Crippen LogP contribution in [0.5, 0.6) is 0 Å². The summed E-state index contributed by atoms with van der Waals surface area (Å²) >= 11 is 1.22. The van der Waals surface area contributed by atoms with Crippen molar-refractivity contribution in [3.8, 4) is 16.9 Å². The molecule has 34 heavy (non-hydrogen) atoms. The third-order valence-electron chi connectivity index (χ3n) is 5.66. The molecular weight excluding hydrogens is 472 g/mol. The molecule has 0 saturated carbocycles. The molecule has 0 radical (unpaired) electrons. The Morgan fingerprint density at radius 2 is 1.88 bits per heavy atom. The van der Waals surface area contributed by atoms with Crippen molar-refractivity contribution < 1.29 is 18.0 Å². The van der Waals surface area contributed by atoms with Crippen molar-refractivity contribution in [2.24, 2.45) is 0 Å². The summed E-state index contributed by atoms with van der Waals surface area (Å²) < 4.78 is 25.0. The fraction of sp³-hybridized carbons (Fsp3) is 0.292. The van der Waals surface area contributed by atoms with Crippen LogP contribution in [0.3, 0.4) is 0 Å².